The van der Waals surface area contributed by atoms with Gasteiger partial charge in [-0.2, -0.15) is 0 Å². The van der Waals surface area contributed by atoms with Crippen molar-refractivity contribution in [2.75, 3.05) is 11.9 Å². The third-order valence-electron chi connectivity index (χ3n) is 4.18. The van der Waals surface area contributed by atoms with Crippen molar-refractivity contribution in [3.05, 3.63) is 65.7 Å². The predicted octanol–water partition coefficient (Wildman–Crippen LogP) is 4.32. The lowest BCUT2D eigenvalue weighted by atomic mass is 10.1. The molecule has 0 aliphatic carbocycles. The summed E-state index contributed by atoms with van der Waals surface area (Å²) in [4.78, 5) is 26.0. The molecule has 138 valence electrons. The van der Waals surface area contributed by atoms with E-state index in [1.54, 1.807) is 23.6 Å². The smallest absolute Gasteiger partial charge is 0.237 e. The molecule has 2 amide bonds. The topological polar surface area (TPSA) is 49.4 Å². The van der Waals surface area contributed by atoms with Crippen LogP contribution in [0.4, 0.5) is 5.69 Å². The molecule has 0 unspecified atom stereocenters. The van der Waals surface area contributed by atoms with Crippen LogP contribution in [0.5, 0.6) is 0 Å². The zero-order chi connectivity index (χ0) is 18.9. The fraction of sp³-hybridized carbons (Fsp3) is 0.333. The van der Waals surface area contributed by atoms with E-state index in [1.807, 2.05) is 56.3 Å². The van der Waals surface area contributed by atoms with Crippen LogP contribution in [0.25, 0.3) is 0 Å². The lowest BCUT2D eigenvalue weighted by molar-refractivity contribution is -0.129. The van der Waals surface area contributed by atoms with E-state index in [0.29, 0.717) is 13.1 Å². The van der Waals surface area contributed by atoms with Gasteiger partial charge in [-0.15, -0.1) is 11.8 Å². The molecule has 1 N–H and O–H groups in total. The van der Waals surface area contributed by atoms with Crippen LogP contribution in [0, 0.1) is 0 Å². The van der Waals surface area contributed by atoms with E-state index in [4.69, 9.17) is 0 Å². The van der Waals surface area contributed by atoms with Crippen LogP contribution in [0.2, 0.25) is 0 Å². The summed E-state index contributed by atoms with van der Waals surface area (Å²) in [5.41, 5.74) is 2.92. The van der Waals surface area contributed by atoms with Crippen LogP contribution in [0.1, 0.15) is 31.9 Å². The maximum Gasteiger partial charge on any atom is 0.237 e. The molecule has 0 saturated carbocycles. The van der Waals surface area contributed by atoms with E-state index in [2.05, 4.69) is 17.4 Å². The Hall–Kier alpha value is -2.27. The Kier molecular flexibility index (Phi) is 7.73. The first-order chi connectivity index (χ1) is 12.5. The second kappa shape index (κ2) is 10.0. The van der Waals surface area contributed by atoms with Gasteiger partial charge in [-0.05, 0) is 31.0 Å². The van der Waals surface area contributed by atoms with Crippen molar-refractivity contribution >= 4 is 29.3 Å². The van der Waals surface area contributed by atoms with Crippen molar-refractivity contribution in [3.8, 4) is 0 Å². The number of para-hydroxylation sites is 1. The van der Waals surface area contributed by atoms with Gasteiger partial charge in [0.2, 0.25) is 11.8 Å². The Balaban J connectivity index is 1.98. The van der Waals surface area contributed by atoms with E-state index in [9.17, 15) is 9.59 Å². The van der Waals surface area contributed by atoms with Crippen molar-refractivity contribution in [3.63, 3.8) is 0 Å². The molecule has 0 radical (unpaired) electrons. The lowest BCUT2D eigenvalue weighted by Gasteiger charge is -2.21. The number of benzene rings is 2. The Morgan fingerprint density at radius 3 is 2.38 bits per heavy atom. The number of thioether (sulfide) groups is 1. The summed E-state index contributed by atoms with van der Waals surface area (Å²) in [5.74, 6) is 0.801. The molecule has 0 aromatic heterocycles. The molecular weight excluding hydrogens is 344 g/mol. The summed E-state index contributed by atoms with van der Waals surface area (Å²) in [6.07, 6.45) is 0. The number of anilines is 1. The number of nitrogens with one attached hydrogen (secondary N) is 1. The Labute approximate surface area is 160 Å². The summed E-state index contributed by atoms with van der Waals surface area (Å²) in [6, 6.07) is 17.8. The van der Waals surface area contributed by atoms with Crippen LogP contribution in [0.3, 0.4) is 0 Å². The van der Waals surface area contributed by atoms with Crippen LogP contribution in [0.15, 0.2) is 54.6 Å². The highest BCUT2D eigenvalue weighted by molar-refractivity contribution is 7.99. The highest BCUT2D eigenvalue weighted by Crippen LogP contribution is 2.22. The number of carbonyl (C=O) groups excluding carboxylic acids is 2. The minimum atomic E-state index is -0.168. The molecule has 0 aliphatic heterocycles. The molecule has 5 heteroatoms. The lowest BCUT2D eigenvalue weighted by Crippen LogP contribution is -2.29. The summed E-state index contributed by atoms with van der Waals surface area (Å²) < 4.78 is 0. The fourth-order valence-corrected chi connectivity index (χ4v) is 3.38. The average molecular weight is 371 g/mol. The second-order valence-electron chi connectivity index (χ2n) is 6.12. The van der Waals surface area contributed by atoms with Crippen LogP contribution in [-0.4, -0.2) is 28.5 Å². The number of amides is 2. The monoisotopic (exact) mass is 370 g/mol. The molecular formula is C21H26N2O2S. The van der Waals surface area contributed by atoms with Gasteiger partial charge in [0.25, 0.3) is 0 Å². The maximum atomic E-state index is 12.6. The highest BCUT2D eigenvalue weighted by Gasteiger charge is 2.16. The number of carbonyl (C=O) groups is 2. The Bertz CT molecular complexity index is 734. The minimum absolute atomic E-state index is 0.0238. The molecule has 0 bridgehead atoms. The fourth-order valence-electron chi connectivity index (χ4n) is 2.54. The van der Waals surface area contributed by atoms with Gasteiger partial charge < -0.3 is 10.2 Å². The number of hydrogen-bond donors (Lipinski definition) is 1. The summed E-state index contributed by atoms with van der Waals surface area (Å²) in [6.45, 7) is 6.56. The third kappa shape index (κ3) is 5.92. The summed E-state index contributed by atoms with van der Waals surface area (Å²) in [5, 5.41) is 2.85. The van der Waals surface area contributed by atoms with Gasteiger partial charge in [0.1, 0.15) is 0 Å². The predicted molar refractivity (Wildman–Crippen MR) is 109 cm³/mol. The molecule has 2 aromatic rings. The Morgan fingerprint density at radius 1 is 1.08 bits per heavy atom. The standard InChI is InChI=1S/C21H26N2O2S/c1-4-23(17(3)24)14-19-12-8-9-13-20(19)22-21(25)16(2)26-15-18-10-6-5-7-11-18/h5-13,16H,4,14-15H2,1-3H3,(H,22,25)/t16-/m1/s1. The van der Waals surface area contributed by atoms with Gasteiger partial charge in [0.15, 0.2) is 0 Å². The van der Waals surface area contributed by atoms with Crippen molar-refractivity contribution in [2.45, 2.75) is 38.3 Å². The van der Waals surface area contributed by atoms with Gasteiger partial charge in [-0.1, -0.05) is 48.5 Å². The summed E-state index contributed by atoms with van der Waals surface area (Å²) >= 11 is 1.61. The first kappa shape index (κ1) is 20.0. The van der Waals surface area contributed by atoms with Crippen LogP contribution in [-0.2, 0) is 21.9 Å². The van der Waals surface area contributed by atoms with E-state index >= 15 is 0 Å². The molecule has 26 heavy (non-hydrogen) atoms. The molecule has 0 heterocycles. The third-order valence-corrected chi connectivity index (χ3v) is 5.39. The van der Waals surface area contributed by atoms with Crippen molar-refractivity contribution in [1.29, 1.82) is 0 Å². The molecule has 1 atom stereocenters. The van der Waals surface area contributed by atoms with Gasteiger partial charge in [-0.3, -0.25) is 9.59 Å². The van der Waals surface area contributed by atoms with Gasteiger partial charge in [-0.25, -0.2) is 0 Å². The highest BCUT2D eigenvalue weighted by atomic mass is 32.2. The molecule has 0 aliphatic rings. The zero-order valence-corrected chi connectivity index (χ0v) is 16.4. The number of hydrogen-bond acceptors (Lipinski definition) is 3. The largest absolute Gasteiger partial charge is 0.339 e. The van der Waals surface area contributed by atoms with E-state index in [0.717, 1.165) is 17.0 Å². The van der Waals surface area contributed by atoms with Crippen molar-refractivity contribution < 1.29 is 9.59 Å². The first-order valence-electron chi connectivity index (χ1n) is 8.81. The van der Waals surface area contributed by atoms with Gasteiger partial charge >= 0.3 is 0 Å². The van der Waals surface area contributed by atoms with E-state index in [1.165, 1.54) is 5.56 Å². The first-order valence-corrected chi connectivity index (χ1v) is 9.86. The second-order valence-corrected chi connectivity index (χ2v) is 7.45. The summed E-state index contributed by atoms with van der Waals surface area (Å²) in [7, 11) is 0. The molecule has 0 fully saturated rings. The quantitative estimate of drug-likeness (QED) is 0.753. The van der Waals surface area contributed by atoms with E-state index in [-0.39, 0.29) is 17.1 Å². The number of nitrogens with zero attached hydrogens (tertiary/aromatic N) is 1. The average Bonchev–Trinajstić information content (AvgIpc) is 2.65. The normalized spacial score (nSPS) is 11.7. The maximum absolute atomic E-state index is 12.6. The Morgan fingerprint density at radius 2 is 1.73 bits per heavy atom. The van der Waals surface area contributed by atoms with Gasteiger partial charge in [0, 0.05) is 31.5 Å². The van der Waals surface area contributed by atoms with Crippen LogP contribution < -0.4 is 5.32 Å². The zero-order valence-electron chi connectivity index (χ0n) is 15.6. The molecule has 4 nitrogen and oxygen atoms in total. The molecule has 2 rings (SSSR count). The number of rotatable bonds is 8. The SMILES string of the molecule is CCN(Cc1ccccc1NC(=O)[C@@H](C)SCc1ccccc1)C(C)=O. The van der Waals surface area contributed by atoms with Crippen LogP contribution >= 0.6 is 11.8 Å². The molecule has 0 spiro atoms. The molecule has 0 saturated heterocycles. The minimum Gasteiger partial charge on any atom is -0.339 e. The van der Waals surface area contributed by atoms with Gasteiger partial charge in [0.05, 0.1) is 5.25 Å². The van der Waals surface area contributed by atoms with Crippen molar-refractivity contribution in [1.82, 2.24) is 4.90 Å². The van der Waals surface area contributed by atoms with Crippen molar-refractivity contribution in [2.24, 2.45) is 0 Å². The molecule has 2 aromatic carbocycles. The van der Waals surface area contributed by atoms with E-state index < -0.39 is 0 Å².